The normalized spacial score (nSPS) is 14.0. The van der Waals surface area contributed by atoms with Crippen molar-refractivity contribution in [2.75, 3.05) is 26.2 Å². The van der Waals surface area contributed by atoms with Crippen molar-refractivity contribution in [3.8, 4) is 0 Å². The molecule has 4 aromatic rings. The molecule has 0 aliphatic rings. The van der Waals surface area contributed by atoms with Gasteiger partial charge in [0, 0.05) is 25.1 Å². The zero-order chi connectivity index (χ0) is 34.4. The molecular formula is C44H61N2O3+. The minimum atomic E-state index is -0.563. The van der Waals surface area contributed by atoms with Gasteiger partial charge < -0.3 is 15.3 Å². The first-order valence-corrected chi connectivity index (χ1v) is 18.8. The second-order valence-electron chi connectivity index (χ2n) is 13.9. The van der Waals surface area contributed by atoms with E-state index in [1.54, 1.807) is 0 Å². The van der Waals surface area contributed by atoms with E-state index in [1.165, 1.54) is 61.6 Å². The van der Waals surface area contributed by atoms with Crippen LogP contribution in [0.25, 0.3) is 0 Å². The van der Waals surface area contributed by atoms with Gasteiger partial charge in [0.05, 0.1) is 19.6 Å². The molecule has 3 N–H and O–H groups in total. The Balaban J connectivity index is 1.14. The molecule has 5 heteroatoms. The first-order chi connectivity index (χ1) is 24.1. The summed E-state index contributed by atoms with van der Waals surface area (Å²) in [6.45, 7) is 3.89. The van der Waals surface area contributed by atoms with Crippen molar-refractivity contribution < 1.29 is 19.8 Å². The van der Waals surface area contributed by atoms with E-state index in [9.17, 15) is 15.3 Å². The zero-order valence-electron chi connectivity index (χ0n) is 29.7. The van der Waals surface area contributed by atoms with Gasteiger partial charge in [-0.25, -0.2) is 0 Å². The Bertz CT molecular complexity index is 1370. The van der Waals surface area contributed by atoms with Crippen LogP contribution in [0.2, 0.25) is 0 Å². The van der Waals surface area contributed by atoms with E-state index in [0.29, 0.717) is 23.9 Å². The first kappa shape index (κ1) is 38.5. The predicted molar refractivity (Wildman–Crippen MR) is 203 cm³/mol. The Morgan fingerprint density at radius 1 is 0.469 bits per heavy atom. The van der Waals surface area contributed by atoms with Crippen molar-refractivity contribution in [1.82, 2.24) is 4.90 Å². The van der Waals surface area contributed by atoms with Gasteiger partial charge in [-0.15, -0.1) is 0 Å². The highest BCUT2D eigenvalue weighted by Gasteiger charge is 2.35. The van der Waals surface area contributed by atoms with Crippen LogP contribution in [0.5, 0.6) is 0 Å². The SMILES string of the molecule is OCC[N+](CCCCCCCCCCCCN(Cc1ccccc1)C(O)Cc1ccccc1)(Cc1ccccc1)C(O)Cc1ccccc1. The summed E-state index contributed by atoms with van der Waals surface area (Å²) in [5.74, 6) is 0. The van der Waals surface area contributed by atoms with Crippen LogP contribution < -0.4 is 0 Å². The second kappa shape index (κ2) is 22.4. The molecule has 0 saturated heterocycles. The fraction of sp³-hybridized carbons (Fsp3) is 0.455. The molecule has 0 aliphatic heterocycles. The van der Waals surface area contributed by atoms with Crippen molar-refractivity contribution >= 4 is 0 Å². The number of benzene rings is 4. The Kier molecular flexibility index (Phi) is 17.6. The van der Waals surface area contributed by atoms with Gasteiger partial charge >= 0.3 is 0 Å². The van der Waals surface area contributed by atoms with Gasteiger partial charge in [0.2, 0.25) is 0 Å². The van der Waals surface area contributed by atoms with Gasteiger partial charge in [0.15, 0.2) is 6.23 Å². The van der Waals surface area contributed by atoms with E-state index in [4.69, 9.17) is 0 Å². The molecule has 264 valence electrons. The summed E-state index contributed by atoms with van der Waals surface area (Å²) in [6.07, 6.45) is 12.2. The molecule has 0 radical (unpaired) electrons. The van der Waals surface area contributed by atoms with E-state index in [2.05, 4.69) is 77.7 Å². The lowest BCUT2D eigenvalue weighted by Crippen LogP contribution is -2.57. The number of aliphatic hydroxyl groups is 3. The average Bonchev–Trinajstić information content (AvgIpc) is 3.13. The van der Waals surface area contributed by atoms with Crippen LogP contribution in [0, 0.1) is 0 Å². The van der Waals surface area contributed by atoms with Gasteiger partial charge in [-0.2, -0.15) is 0 Å². The number of unbranched alkanes of at least 4 members (excludes halogenated alkanes) is 9. The minimum Gasteiger partial charge on any atom is -0.391 e. The molecular weight excluding hydrogens is 604 g/mol. The smallest absolute Gasteiger partial charge is 0.194 e. The highest BCUT2D eigenvalue weighted by atomic mass is 16.3. The van der Waals surface area contributed by atoms with Crippen molar-refractivity contribution in [3.63, 3.8) is 0 Å². The summed E-state index contributed by atoms with van der Waals surface area (Å²) in [4.78, 5) is 2.23. The number of hydrogen-bond donors (Lipinski definition) is 3. The molecule has 0 fully saturated rings. The highest BCUT2D eigenvalue weighted by molar-refractivity contribution is 5.18. The Morgan fingerprint density at radius 3 is 1.41 bits per heavy atom. The molecule has 5 nitrogen and oxygen atoms in total. The second-order valence-corrected chi connectivity index (χ2v) is 13.9. The summed E-state index contributed by atoms with van der Waals surface area (Å²) in [7, 11) is 0. The molecule has 49 heavy (non-hydrogen) atoms. The third kappa shape index (κ3) is 14.2. The fourth-order valence-corrected chi connectivity index (χ4v) is 7.10. The maximum atomic E-state index is 11.6. The largest absolute Gasteiger partial charge is 0.391 e. The van der Waals surface area contributed by atoms with Gasteiger partial charge in [0.25, 0.3) is 0 Å². The van der Waals surface area contributed by atoms with Gasteiger partial charge in [-0.05, 0) is 36.0 Å². The van der Waals surface area contributed by atoms with Crippen LogP contribution in [0.4, 0.5) is 0 Å². The zero-order valence-corrected chi connectivity index (χ0v) is 29.7. The number of quaternary nitrogens is 1. The van der Waals surface area contributed by atoms with Gasteiger partial charge in [-0.1, -0.05) is 166 Å². The number of aliphatic hydroxyl groups excluding tert-OH is 3. The van der Waals surface area contributed by atoms with Crippen molar-refractivity contribution in [1.29, 1.82) is 0 Å². The highest BCUT2D eigenvalue weighted by Crippen LogP contribution is 2.24. The molecule has 3 unspecified atom stereocenters. The Hall–Kier alpha value is -3.32. The van der Waals surface area contributed by atoms with Crippen LogP contribution in [0.15, 0.2) is 121 Å². The molecule has 3 atom stereocenters. The molecule has 0 heterocycles. The summed E-state index contributed by atoms with van der Waals surface area (Å²) in [5, 5.41) is 32.8. The predicted octanol–water partition coefficient (Wildman–Crippen LogP) is 8.52. The molecule has 0 aromatic heterocycles. The molecule has 4 rings (SSSR count). The maximum Gasteiger partial charge on any atom is 0.194 e. The molecule has 4 aromatic carbocycles. The lowest BCUT2D eigenvalue weighted by Gasteiger charge is -2.42. The number of rotatable bonds is 25. The Labute approximate surface area is 296 Å². The van der Waals surface area contributed by atoms with Crippen LogP contribution in [-0.2, 0) is 25.9 Å². The van der Waals surface area contributed by atoms with Crippen LogP contribution in [-0.4, -0.2) is 63.4 Å². The van der Waals surface area contributed by atoms with E-state index < -0.39 is 12.5 Å². The summed E-state index contributed by atoms with van der Waals surface area (Å²) in [5.41, 5.74) is 4.75. The summed E-state index contributed by atoms with van der Waals surface area (Å²) in [6, 6.07) is 41.4. The standard InChI is InChI=1S/C44H61N2O3/c47-34-33-46(38-42-29-19-12-20-30-42,44(49)36-40-25-15-10-16-26-40)32-22-8-6-4-2-1-3-5-7-21-31-45(37-41-27-17-11-18-28-41)43(48)35-39-23-13-9-14-24-39/h9-20,23-30,43-44,47-49H,1-8,21-22,31-38H2/q+1. The maximum absolute atomic E-state index is 11.6. The third-order valence-corrected chi connectivity index (χ3v) is 9.99. The van der Waals surface area contributed by atoms with Gasteiger partial charge in [0.1, 0.15) is 19.3 Å². The fourth-order valence-electron chi connectivity index (χ4n) is 7.10. The minimum absolute atomic E-state index is 0.0675. The quantitative estimate of drug-likeness (QED) is 0.0377. The van der Waals surface area contributed by atoms with E-state index >= 15 is 0 Å². The number of nitrogens with zero attached hydrogens (tertiary/aromatic N) is 2. The molecule has 0 spiro atoms. The van der Waals surface area contributed by atoms with E-state index in [0.717, 1.165) is 51.0 Å². The molecule has 0 aliphatic carbocycles. The topological polar surface area (TPSA) is 63.9 Å². The lowest BCUT2D eigenvalue weighted by atomic mass is 10.0. The van der Waals surface area contributed by atoms with Gasteiger partial charge in [-0.3, -0.25) is 9.38 Å². The average molecular weight is 666 g/mol. The van der Waals surface area contributed by atoms with E-state index in [-0.39, 0.29) is 6.61 Å². The summed E-state index contributed by atoms with van der Waals surface area (Å²) >= 11 is 0. The third-order valence-electron chi connectivity index (χ3n) is 9.99. The van der Waals surface area contributed by atoms with Crippen LogP contribution in [0.3, 0.4) is 0 Å². The monoisotopic (exact) mass is 665 g/mol. The lowest BCUT2D eigenvalue weighted by molar-refractivity contribution is -0.983. The van der Waals surface area contributed by atoms with E-state index in [1.807, 2.05) is 48.5 Å². The molecule has 0 saturated carbocycles. The van der Waals surface area contributed by atoms with Crippen molar-refractivity contribution in [3.05, 3.63) is 144 Å². The van der Waals surface area contributed by atoms with Crippen LogP contribution >= 0.6 is 0 Å². The van der Waals surface area contributed by atoms with Crippen molar-refractivity contribution in [2.45, 2.75) is 103 Å². The first-order valence-electron chi connectivity index (χ1n) is 18.8. The molecule has 0 bridgehead atoms. The molecule has 0 amide bonds. The van der Waals surface area contributed by atoms with Crippen molar-refractivity contribution in [2.24, 2.45) is 0 Å². The Morgan fingerprint density at radius 2 is 0.898 bits per heavy atom. The summed E-state index contributed by atoms with van der Waals surface area (Å²) < 4.78 is 0.501. The van der Waals surface area contributed by atoms with Crippen LogP contribution in [0.1, 0.15) is 86.5 Å². The number of hydrogen-bond acceptors (Lipinski definition) is 4.